The van der Waals surface area contributed by atoms with Gasteiger partial charge in [-0.1, -0.05) is 27.7 Å². The molecule has 1 aliphatic carbocycles. The average molecular weight is 238 g/mol. The van der Waals surface area contributed by atoms with Gasteiger partial charge in [0.25, 0.3) is 0 Å². The van der Waals surface area contributed by atoms with E-state index in [1.54, 1.807) is 0 Å². The highest BCUT2D eigenvalue weighted by Crippen LogP contribution is 2.29. The summed E-state index contributed by atoms with van der Waals surface area (Å²) < 4.78 is 0. The van der Waals surface area contributed by atoms with E-state index in [4.69, 9.17) is 0 Å². The van der Waals surface area contributed by atoms with E-state index in [9.17, 15) is 0 Å². The first-order valence-corrected chi connectivity index (χ1v) is 7.43. The van der Waals surface area contributed by atoms with E-state index in [0.29, 0.717) is 5.41 Å². The molecule has 0 radical (unpaired) electrons. The summed E-state index contributed by atoms with van der Waals surface area (Å²) in [7, 11) is 0. The molecule has 1 atom stereocenters. The largest absolute Gasteiger partial charge is 0.314 e. The smallest absolute Gasteiger partial charge is 0.00683 e. The van der Waals surface area contributed by atoms with Gasteiger partial charge < -0.3 is 10.2 Å². The van der Waals surface area contributed by atoms with Crippen molar-refractivity contribution in [3.8, 4) is 0 Å². The predicted molar refractivity (Wildman–Crippen MR) is 74.2 cm³/mol. The van der Waals surface area contributed by atoms with Crippen LogP contribution in [0, 0.1) is 17.3 Å². The van der Waals surface area contributed by atoms with Crippen LogP contribution in [0.4, 0.5) is 0 Å². The SMILES string of the molecule is CC(C)C(C)(C)CN1CCC(CNC2CC2)C1. The lowest BCUT2D eigenvalue weighted by Crippen LogP contribution is -2.36. The van der Waals surface area contributed by atoms with Crippen molar-refractivity contribution in [1.82, 2.24) is 10.2 Å². The van der Waals surface area contributed by atoms with Crippen LogP contribution < -0.4 is 5.32 Å². The number of hydrogen-bond donors (Lipinski definition) is 1. The van der Waals surface area contributed by atoms with E-state index in [2.05, 4.69) is 37.9 Å². The van der Waals surface area contributed by atoms with Crippen LogP contribution in [0.3, 0.4) is 0 Å². The first kappa shape index (κ1) is 13.4. The molecule has 2 rings (SSSR count). The lowest BCUT2D eigenvalue weighted by atomic mass is 9.81. The lowest BCUT2D eigenvalue weighted by Gasteiger charge is -2.33. The molecular weight excluding hydrogens is 208 g/mol. The maximum absolute atomic E-state index is 3.68. The molecule has 1 heterocycles. The van der Waals surface area contributed by atoms with E-state index >= 15 is 0 Å². The Morgan fingerprint density at radius 2 is 1.94 bits per heavy atom. The van der Waals surface area contributed by atoms with E-state index in [0.717, 1.165) is 17.9 Å². The van der Waals surface area contributed by atoms with Crippen molar-refractivity contribution in [2.45, 2.75) is 53.0 Å². The van der Waals surface area contributed by atoms with Gasteiger partial charge in [0.15, 0.2) is 0 Å². The van der Waals surface area contributed by atoms with Gasteiger partial charge in [-0.15, -0.1) is 0 Å². The van der Waals surface area contributed by atoms with Gasteiger partial charge in [0.05, 0.1) is 0 Å². The third-order valence-electron chi connectivity index (χ3n) is 4.84. The second kappa shape index (κ2) is 5.27. The van der Waals surface area contributed by atoms with Crippen molar-refractivity contribution in [2.75, 3.05) is 26.2 Å². The first-order valence-electron chi connectivity index (χ1n) is 7.43. The third-order valence-corrected chi connectivity index (χ3v) is 4.84. The van der Waals surface area contributed by atoms with Crippen molar-refractivity contribution in [3.63, 3.8) is 0 Å². The molecule has 17 heavy (non-hydrogen) atoms. The van der Waals surface area contributed by atoms with Crippen LogP contribution in [0.2, 0.25) is 0 Å². The third kappa shape index (κ3) is 3.96. The summed E-state index contributed by atoms with van der Waals surface area (Å²) in [6, 6.07) is 0.871. The number of rotatable bonds is 6. The van der Waals surface area contributed by atoms with Gasteiger partial charge in [0.1, 0.15) is 0 Å². The minimum Gasteiger partial charge on any atom is -0.314 e. The van der Waals surface area contributed by atoms with Gasteiger partial charge in [-0.25, -0.2) is 0 Å². The standard InChI is InChI=1S/C15H30N2/c1-12(2)15(3,4)11-17-8-7-13(10-17)9-16-14-5-6-14/h12-14,16H,5-11H2,1-4H3. The Hall–Kier alpha value is -0.0800. The lowest BCUT2D eigenvalue weighted by molar-refractivity contribution is 0.151. The summed E-state index contributed by atoms with van der Waals surface area (Å²) in [6.45, 7) is 14.7. The Morgan fingerprint density at radius 3 is 2.53 bits per heavy atom. The molecule has 2 heteroatoms. The molecule has 0 aromatic rings. The fourth-order valence-electron chi connectivity index (χ4n) is 2.60. The molecular formula is C15H30N2. The molecule has 0 aromatic heterocycles. The normalized spacial score (nSPS) is 27.0. The maximum atomic E-state index is 3.68. The fourth-order valence-corrected chi connectivity index (χ4v) is 2.60. The molecule has 0 spiro atoms. The Morgan fingerprint density at radius 1 is 1.24 bits per heavy atom. The Balaban J connectivity index is 1.69. The molecule has 100 valence electrons. The van der Waals surface area contributed by atoms with Crippen LogP contribution in [-0.2, 0) is 0 Å². The molecule has 2 aliphatic rings. The number of likely N-dealkylation sites (tertiary alicyclic amines) is 1. The molecule has 1 saturated heterocycles. The molecule has 2 nitrogen and oxygen atoms in total. The Kier molecular flexibility index (Phi) is 4.14. The van der Waals surface area contributed by atoms with E-state index in [1.807, 2.05) is 0 Å². The van der Waals surface area contributed by atoms with Crippen molar-refractivity contribution < 1.29 is 0 Å². The summed E-state index contributed by atoms with van der Waals surface area (Å²) in [5.74, 6) is 1.67. The van der Waals surface area contributed by atoms with E-state index in [-0.39, 0.29) is 0 Å². The minimum atomic E-state index is 0.457. The molecule has 2 fully saturated rings. The molecule has 0 aromatic carbocycles. The summed E-state index contributed by atoms with van der Waals surface area (Å²) >= 11 is 0. The molecule has 1 saturated carbocycles. The number of nitrogens with zero attached hydrogens (tertiary/aromatic N) is 1. The zero-order valence-electron chi connectivity index (χ0n) is 12.1. The zero-order valence-corrected chi connectivity index (χ0v) is 12.1. The van der Waals surface area contributed by atoms with Crippen molar-refractivity contribution in [2.24, 2.45) is 17.3 Å². The molecule has 0 amide bonds. The fraction of sp³-hybridized carbons (Fsp3) is 1.00. The number of nitrogens with one attached hydrogen (secondary N) is 1. The maximum Gasteiger partial charge on any atom is 0.00683 e. The van der Waals surface area contributed by atoms with Gasteiger partial charge in [-0.3, -0.25) is 0 Å². The highest BCUT2D eigenvalue weighted by Gasteiger charge is 2.30. The van der Waals surface area contributed by atoms with Gasteiger partial charge in [-0.2, -0.15) is 0 Å². The van der Waals surface area contributed by atoms with Crippen molar-refractivity contribution in [1.29, 1.82) is 0 Å². The highest BCUT2D eigenvalue weighted by atomic mass is 15.2. The average Bonchev–Trinajstić information content (AvgIpc) is 2.97. The second-order valence-electron chi connectivity index (χ2n) is 7.22. The van der Waals surface area contributed by atoms with Crippen molar-refractivity contribution >= 4 is 0 Å². The molecule has 0 bridgehead atoms. The number of hydrogen-bond acceptors (Lipinski definition) is 2. The van der Waals surface area contributed by atoms with E-state index in [1.165, 1.54) is 45.4 Å². The first-order chi connectivity index (χ1) is 7.97. The van der Waals surface area contributed by atoms with Gasteiger partial charge >= 0.3 is 0 Å². The van der Waals surface area contributed by atoms with Crippen LogP contribution in [0.1, 0.15) is 47.0 Å². The van der Waals surface area contributed by atoms with Crippen LogP contribution in [0.25, 0.3) is 0 Å². The highest BCUT2D eigenvalue weighted by molar-refractivity contribution is 4.86. The quantitative estimate of drug-likeness (QED) is 0.765. The second-order valence-corrected chi connectivity index (χ2v) is 7.22. The Bertz CT molecular complexity index is 243. The van der Waals surface area contributed by atoms with Crippen LogP contribution in [0.15, 0.2) is 0 Å². The predicted octanol–water partition coefficient (Wildman–Crippen LogP) is 2.74. The zero-order chi connectivity index (χ0) is 12.5. The summed E-state index contributed by atoms with van der Waals surface area (Å²) in [4.78, 5) is 2.68. The molecule has 1 aliphatic heterocycles. The monoisotopic (exact) mass is 238 g/mol. The minimum absolute atomic E-state index is 0.457. The van der Waals surface area contributed by atoms with Crippen molar-refractivity contribution in [3.05, 3.63) is 0 Å². The van der Waals surface area contributed by atoms with Crippen LogP contribution >= 0.6 is 0 Å². The summed E-state index contributed by atoms with van der Waals surface area (Å²) in [5.41, 5.74) is 0.457. The van der Waals surface area contributed by atoms with Gasteiger partial charge in [0, 0.05) is 19.1 Å². The topological polar surface area (TPSA) is 15.3 Å². The van der Waals surface area contributed by atoms with Crippen LogP contribution in [0.5, 0.6) is 0 Å². The van der Waals surface area contributed by atoms with Gasteiger partial charge in [-0.05, 0) is 49.6 Å². The summed E-state index contributed by atoms with van der Waals surface area (Å²) in [6.07, 6.45) is 4.22. The van der Waals surface area contributed by atoms with Crippen LogP contribution in [-0.4, -0.2) is 37.1 Å². The van der Waals surface area contributed by atoms with Gasteiger partial charge in [0.2, 0.25) is 0 Å². The molecule has 1 N–H and O–H groups in total. The van der Waals surface area contributed by atoms with E-state index < -0.39 is 0 Å². The summed E-state index contributed by atoms with van der Waals surface area (Å²) in [5, 5.41) is 3.68. The molecule has 1 unspecified atom stereocenters. The Labute approximate surface area is 107 Å².